The van der Waals surface area contributed by atoms with Crippen LogP contribution in [-0.4, -0.2) is 20.4 Å². The van der Waals surface area contributed by atoms with Gasteiger partial charge in [-0.1, -0.05) is 36.2 Å². The molecule has 3 N–H and O–H groups in total. The molecule has 1 aromatic rings. The average Bonchev–Trinajstić information content (AvgIpc) is 2.36. The van der Waals surface area contributed by atoms with Crippen LogP contribution in [0.25, 0.3) is 0 Å². The summed E-state index contributed by atoms with van der Waals surface area (Å²) in [4.78, 5) is 12.1. The van der Waals surface area contributed by atoms with Crippen LogP contribution in [0.5, 0.6) is 0 Å². The lowest BCUT2D eigenvalue weighted by Crippen LogP contribution is -2.33. The standard InChI is InChI=1S/C14H21BrN2O3S/c1-4-9(2)5-10(3)17-14(18)11-6-12(15)8-13(7-11)21(16,19)20/h6-10H,4-5H2,1-3H3,(H,17,18)(H2,16,19,20). The number of halogens is 1. The van der Waals surface area contributed by atoms with Crippen molar-refractivity contribution in [2.45, 2.75) is 44.6 Å². The smallest absolute Gasteiger partial charge is 0.251 e. The van der Waals surface area contributed by atoms with Crippen molar-refractivity contribution in [3.63, 3.8) is 0 Å². The fraction of sp³-hybridized carbons (Fsp3) is 0.500. The average molecular weight is 377 g/mol. The minimum atomic E-state index is -3.84. The second kappa shape index (κ2) is 7.38. The van der Waals surface area contributed by atoms with Crippen molar-refractivity contribution in [3.05, 3.63) is 28.2 Å². The third-order valence-electron chi connectivity index (χ3n) is 3.29. The van der Waals surface area contributed by atoms with Gasteiger partial charge in [0, 0.05) is 16.1 Å². The summed E-state index contributed by atoms with van der Waals surface area (Å²) in [5.41, 5.74) is 0.268. The van der Waals surface area contributed by atoms with Crippen LogP contribution in [0.15, 0.2) is 27.6 Å². The highest BCUT2D eigenvalue weighted by Gasteiger charge is 2.16. The number of rotatable bonds is 6. The summed E-state index contributed by atoms with van der Waals surface area (Å²) in [5, 5.41) is 7.97. The lowest BCUT2D eigenvalue weighted by atomic mass is 10.0. The first-order valence-electron chi connectivity index (χ1n) is 6.77. The number of primary sulfonamides is 1. The third-order valence-corrected chi connectivity index (χ3v) is 4.64. The molecule has 0 bridgehead atoms. The molecule has 1 rings (SSSR count). The maximum Gasteiger partial charge on any atom is 0.251 e. The van der Waals surface area contributed by atoms with Gasteiger partial charge in [0.1, 0.15) is 0 Å². The highest BCUT2D eigenvalue weighted by Crippen LogP contribution is 2.19. The lowest BCUT2D eigenvalue weighted by Gasteiger charge is -2.17. The van der Waals surface area contributed by atoms with E-state index in [-0.39, 0.29) is 22.4 Å². The Kier molecular flexibility index (Phi) is 6.37. The van der Waals surface area contributed by atoms with E-state index in [9.17, 15) is 13.2 Å². The molecule has 118 valence electrons. The maximum absolute atomic E-state index is 12.2. The summed E-state index contributed by atoms with van der Waals surface area (Å²) in [7, 11) is -3.84. The van der Waals surface area contributed by atoms with Gasteiger partial charge in [-0.05, 0) is 37.5 Å². The number of benzene rings is 1. The molecule has 0 aliphatic carbocycles. The van der Waals surface area contributed by atoms with Crippen molar-refractivity contribution < 1.29 is 13.2 Å². The number of amides is 1. The van der Waals surface area contributed by atoms with Gasteiger partial charge in [0.05, 0.1) is 4.90 Å². The lowest BCUT2D eigenvalue weighted by molar-refractivity contribution is 0.0935. The second-order valence-electron chi connectivity index (χ2n) is 5.34. The van der Waals surface area contributed by atoms with E-state index in [1.807, 2.05) is 6.92 Å². The van der Waals surface area contributed by atoms with E-state index in [1.54, 1.807) is 6.07 Å². The Hall–Kier alpha value is -0.920. The van der Waals surface area contributed by atoms with E-state index < -0.39 is 10.0 Å². The van der Waals surface area contributed by atoms with Gasteiger partial charge in [-0.15, -0.1) is 0 Å². The SMILES string of the molecule is CCC(C)CC(C)NC(=O)c1cc(Br)cc(S(N)(=O)=O)c1. The van der Waals surface area contributed by atoms with Gasteiger partial charge in [0.25, 0.3) is 5.91 Å². The van der Waals surface area contributed by atoms with Crippen molar-refractivity contribution in [3.8, 4) is 0 Å². The Morgan fingerprint density at radius 2 is 1.95 bits per heavy atom. The molecule has 0 radical (unpaired) electrons. The molecule has 0 saturated carbocycles. The second-order valence-corrected chi connectivity index (χ2v) is 7.82. The molecule has 0 fully saturated rings. The van der Waals surface area contributed by atoms with Gasteiger partial charge in [0.2, 0.25) is 10.0 Å². The summed E-state index contributed by atoms with van der Waals surface area (Å²) in [6.45, 7) is 6.16. The van der Waals surface area contributed by atoms with Gasteiger partial charge in [0.15, 0.2) is 0 Å². The molecule has 0 heterocycles. The largest absolute Gasteiger partial charge is 0.350 e. The Labute approximate surface area is 134 Å². The van der Waals surface area contributed by atoms with Crippen LogP contribution in [0, 0.1) is 5.92 Å². The minimum Gasteiger partial charge on any atom is -0.350 e. The first-order chi connectivity index (χ1) is 9.63. The summed E-state index contributed by atoms with van der Waals surface area (Å²) < 4.78 is 23.3. The van der Waals surface area contributed by atoms with E-state index in [2.05, 4.69) is 35.1 Å². The topological polar surface area (TPSA) is 89.3 Å². The number of carbonyl (C=O) groups excluding carboxylic acids is 1. The van der Waals surface area contributed by atoms with E-state index >= 15 is 0 Å². The molecule has 7 heteroatoms. The van der Waals surface area contributed by atoms with E-state index in [0.29, 0.717) is 10.4 Å². The summed E-state index contributed by atoms with van der Waals surface area (Å²) in [6.07, 6.45) is 1.92. The molecule has 1 amide bonds. The molecular weight excluding hydrogens is 356 g/mol. The number of hydrogen-bond acceptors (Lipinski definition) is 3. The first-order valence-corrected chi connectivity index (χ1v) is 9.11. The van der Waals surface area contributed by atoms with E-state index in [0.717, 1.165) is 12.8 Å². The number of nitrogens with two attached hydrogens (primary N) is 1. The van der Waals surface area contributed by atoms with Crippen molar-refractivity contribution in [1.82, 2.24) is 5.32 Å². The van der Waals surface area contributed by atoms with Gasteiger partial charge >= 0.3 is 0 Å². The van der Waals surface area contributed by atoms with Crippen LogP contribution in [0.3, 0.4) is 0 Å². The monoisotopic (exact) mass is 376 g/mol. The molecule has 2 unspecified atom stereocenters. The summed E-state index contributed by atoms with van der Waals surface area (Å²) in [5.74, 6) is 0.208. The predicted octanol–water partition coefficient (Wildman–Crippen LogP) is 2.65. The van der Waals surface area contributed by atoms with Crippen molar-refractivity contribution >= 4 is 31.9 Å². The summed E-state index contributed by atoms with van der Waals surface area (Å²) in [6, 6.07) is 4.24. The molecule has 21 heavy (non-hydrogen) atoms. The number of sulfonamides is 1. The Morgan fingerprint density at radius 3 is 2.48 bits per heavy atom. The van der Waals surface area contributed by atoms with Gasteiger partial charge < -0.3 is 5.32 Å². The molecule has 0 saturated heterocycles. The van der Waals surface area contributed by atoms with Crippen molar-refractivity contribution in [1.29, 1.82) is 0 Å². The van der Waals surface area contributed by atoms with Crippen LogP contribution >= 0.6 is 15.9 Å². The molecule has 1 aromatic carbocycles. The van der Waals surface area contributed by atoms with Crippen LogP contribution in [0.4, 0.5) is 0 Å². The first kappa shape index (κ1) is 18.1. The zero-order chi connectivity index (χ0) is 16.2. The number of carbonyl (C=O) groups is 1. The fourth-order valence-electron chi connectivity index (χ4n) is 1.99. The Morgan fingerprint density at radius 1 is 1.33 bits per heavy atom. The predicted molar refractivity (Wildman–Crippen MR) is 86.5 cm³/mol. The maximum atomic E-state index is 12.2. The molecule has 0 spiro atoms. The highest BCUT2D eigenvalue weighted by atomic mass is 79.9. The minimum absolute atomic E-state index is 0.0179. The zero-order valence-corrected chi connectivity index (χ0v) is 14.8. The molecule has 5 nitrogen and oxygen atoms in total. The van der Waals surface area contributed by atoms with E-state index in [4.69, 9.17) is 5.14 Å². The van der Waals surface area contributed by atoms with Crippen LogP contribution in [0.1, 0.15) is 44.0 Å². The van der Waals surface area contributed by atoms with Crippen LogP contribution in [-0.2, 0) is 10.0 Å². The highest BCUT2D eigenvalue weighted by molar-refractivity contribution is 9.10. The third kappa shape index (κ3) is 5.76. The number of hydrogen-bond donors (Lipinski definition) is 2. The van der Waals surface area contributed by atoms with Crippen molar-refractivity contribution in [2.24, 2.45) is 11.1 Å². The van der Waals surface area contributed by atoms with Gasteiger partial charge in [-0.25, -0.2) is 13.6 Å². The molecular formula is C14H21BrN2O3S. The normalized spacial score (nSPS) is 14.5. The zero-order valence-electron chi connectivity index (χ0n) is 12.4. The fourth-order valence-corrected chi connectivity index (χ4v) is 3.22. The Balaban J connectivity index is 2.91. The molecule has 0 aliphatic rings. The van der Waals surface area contributed by atoms with Gasteiger partial charge in [-0.2, -0.15) is 0 Å². The molecule has 2 atom stereocenters. The summed E-state index contributed by atoms with van der Waals surface area (Å²) >= 11 is 3.19. The Bertz CT molecular complexity index is 617. The molecule has 0 aromatic heterocycles. The van der Waals surface area contributed by atoms with E-state index in [1.165, 1.54) is 12.1 Å². The van der Waals surface area contributed by atoms with Crippen LogP contribution < -0.4 is 10.5 Å². The van der Waals surface area contributed by atoms with Gasteiger partial charge in [-0.3, -0.25) is 4.79 Å². The molecule has 0 aliphatic heterocycles. The van der Waals surface area contributed by atoms with Crippen molar-refractivity contribution in [2.75, 3.05) is 0 Å². The van der Waals surface area contributed by atoms with Crippen LogP contribution in [0.2, 0.25) is 0 Å². The number of nitrogens with one attached hydrogen (secondary N) is 1. The quantitative estimate of drug-likeness (QED) is 0.799.